The molecule has 0 radical (unpaired) electrons. The average molecular weight is 933 g/mol. The Morgan fingerprint density at radius 3 is 1.45 bits per heavy atom. The van der Waals surface area contributed by atoms with E-state index in [2.05, 4.69) is 24.2 Å². The molecule has 4 aromatic heterocycles. The third-order valence-corrected chi connectivity index (χ3v) is 10.9. The van der Waals surface area contributed by atoms with Gasteiger partial charge >= 0.3 is 25.1 Å². The SMILES string of the molecule is COC(=O)C(F)(F)c1ccn2c(-c3cc(OC)c(C(=O)CC4CC4)c(OC(F)F)c3)cnc2c1.COc1cc(-c2cnc3cc(C(F)(F)CO)ccn23)cc(OC(F)F)c1C(=O)CC1CC1. The fourth-order valence-electron chi connectivity index (χ4n) is 7.25. The molecule has 0 unspecified atom stereocenters. The lowest BCUT2D eigenvalue weighted by molar-refractivity contribution is -0.170. The van der Waals surface area contributed by atoms with E-state index in [1.165, 1.54) is 72.1 Å². The van der Waals surface area contributed by atoms with E-state index in [4.69, 9.17) is 14.6 Å². The van der Waals surface area contributed by atoms with Gasteiger partial charge in [-0.3, -0.25) is 18.4 Å². The summed E-state index contributed by atoms with van der Waals surface area (Å²) >= 11 is 0. The largest absolute Gasteiger partial charge is 0.496 e. The molecule has 13 nitrogen and oxygen atoms in total. The minimum Gasteiger partial charge on any atom is -0.496 e. The van der Waals surface area contributed by atoms with Crippen molar-refractivity contribution >= 4 is 28.8 Å². The Bertz CT molecular complexity index is 2790. The van der Waals surface area contributed by atoms with Gasteiger partial charge in [-0.1, -0.05) is 0 Å². The van der Waals surface area contributed by atoms with Gasteiger partial charge in [0.2, 0.25) is 0 Å². The van der Waals surface area contributed by atoms with Gasteiger partial charge in [0, 0.05) is 47.5 Å². The molecule has 0 bridgehead atoms. The molecular formula is C45H40F8N4O9. The molecule has 21 heteroatoms. The maximum atomic E-state index is 14.2. The molecule has 2 fully saturated rings. The first kappa shape index (κ1) is 47.2. The van der Waals surface area contributed by atoms with Gasteiger partial charge in [0.25, 0.3) is 5.92 Å². The zero-order chi connectivity index (χ0) is 47.7. The highest BCUT2D eigenvalue weighted by Crippen LogP contribution is 2.43. The second-order valence-corrected chi connectivity index (χ2v) is 15.5. The van der Waals surface area contributed by atoms with Crippen LogP contribution in [0.3, 0.4) is 0 Å². The number of nitrogens with zero attached hydrogens (tertiary/aromatic N) is 4. The Balaban J connectivity index is 0.000000197. The number of aliphatic hydroxyl groups is 1. The van der Waals surface area contributed by atoms with Crippen molar-refractivity contribution in [2.75, 3.05) is 27.9 Å². The molecule has 4 heterocycles. The van der Waals surface area contributed by atoms with Crippen molar-refractivity contribution in [2.24, 2.45) is 11.8 Å². The van der Waals surface area contributed by atoms with Crippen molar-refractivity contribution in [3.8, 4) is 45.5 Å². The Labute approximate surface area is 369 Å². The molecule has 0 aliphatic heterocycles. The summed E-state index contributed by atoms with van der Waals surface area (Å²) in [6.07, 6.45) is 9.34. The Morgan fingerprint density at radius 1 is 0.667 bits per heavy atom. The summed E-state index contributed by atoms with van der Waals surface area (Å²) < 4.78 is 136. The van der Waals surface area contributed by atoms with Crippen molar-refractivity contribution in [3.63, 3.8) is 0 Å². The van der Waals surface area contributed by atoms with Crippen molar-refractivity contribution in [2.45, 2.75) is 63.6 Å². The summed E-state index contributed by atoms with van der Waals surface area (Å²) in [4.78, 5) is 45.1. The minimum atomic E-state index is -3.88. The number of imidazole rings is 2. The van der Waals surface area contributed by atoms with Gasteiger partial charge < -0.3 is 28.8 Å². The lowest BCUT2D eigenvalue weighted by atomic mass is 10.00. The predicted molar refractivity (Wildman–Crippen MR) is 218 cm³/mol. The number of fused-ring (bicyclic) bond motifs is 2. The van der Waals surface area contributed by atoms with Crippen LogP contribution < -0.4 is 18.9 Å². The third-order valence-electron chi connectivity index (χ3n) is 10.9. The van der Waals surface area contributed by atoms with Crippen LogP contribution in [0.5, 0.6) is 23.0 Å². The quantitative estimate of drug-likeness (QED) is 0.0498. The molecule has 6 aromatic rings. The van der Waals surface area contributed by atoms with Crippen LogP contribution in [0.4, 0.5) is 35.1 Å². The van der Waals surface area contributed by atoms with Crippen molar-refractivity contribution < 1.29 is 78.3 Å². The number of esters is 1. The molecule has 2 aliphatic rings. The monoisotopic (exact) mass is 932 g/mol. The number of hydrogen-bond acceptors (Lipinski definition) is 11. The van der Waals surface area contributed by atoms with E-state index in [1.54, 1.807) is 0 Å². The lowest BCUT2D eigenvalue weighted by Crippen LogP contribution is -2.27. The van der Waals surface area contributed by atoms with Gasteiger partial charge in [0.1, 0.15) is 52.0 Å². The highest BCUT2D eigenvalue weighted by atomic mass is 19.3. The number of methoxy groups -OCH3 is 3. The number of hydrogen-bond donors (Lipinski definition) is 1. The van der Waals surface area contributed by atoms with E-state index in [-0.39, 0.29) is 81.7 Å². The molecule has 8 rings (SSSR count). The van der Waals surface area contributed by atoms with Gasteiger partial charge in [-0.05, 0) is 86.1 Å². The molecule has 0 spiro atoms. The summed E-state index contributed by atoms with van der Waals surface area (Å²) in [7, 11) is 3.47. The van der Waals surface area contributed by atoms with Crippen LogP contribution in [0.25, 0.3) is 33.8 Å². The van der Waals surface area contributed by atoms with E-state index in [1.807, 2.05) is 0 Å². The first-order valence-corrected chi connectivity index (χ1v) is 20.2. The molecule has 350 valence electrons. The molecule has 2 aromatic carbocycles. The third kappa shape index (κ3) is 10.0. The zero-order valence-electron chi connectivity index (χ0n) is 35.2. The number of carbonyl (C=O) groups excluding carboxylic acids is 3. The number of aliphatic hydroxyl groups excluding tert-OH is 1. The van der Waals surface area contributed by atoms with Gasteiger partial charge in [-0.2, -0.15) is 35.1 Å². The summed E-state index contributed by atoms with van der Waals surface area (Å²) in [5.74, 6) is -9.85. The number of benzene rings is 2. The van der Waals surface area contributed by atoms with Gasteiger partial charge in [0.15, 0.2) is 11.6 Å². The van der Waals surface area contributed by atoms with Crippen molar-refractivity contribution in [1.82, 2.24) is 18.8 Å². The molecule has 2 aliphatic carbocycles. The van der Waals surface area contributed by atoms with Gasteiger partial charge in [-0.25, -0.2) is 14.8 Å². The average Bonchev–Trinajstić information content (AvgIpc) is 4.20. The number of carbonyl (C=O) groups is 3. The van der Waals surface area contributed by atoms with Crippen LogP contribution in [0.15, 0.2) is 73.3 Å². The molecular weight excluding hydrogens is 892 g/mol. The van der Waals surface area contributed by atoms with Crippen molar-refractivity contribution in [3.05, 3.63) is 95.6 Å². The summed E-state index contributed by atoms with van der Waals surface area (Å²) in [6, 6.07) is 9.82. The number of pyridine rings is 2. The van der Waals surface area contributed by atoms with Crippen LogP contribution in [-0.2, 0) is 21.4 Å². The summed E-state index contributed by atoms with van der Waals surface area (Å²) in [5.41, 5.74) is 0.433. The topological polar surface area (TPSA) is 152 Å². The number of alkyl halides is 8. The second kappa shape index (κ2) is 19.0. The Kier molecular flexibility index (Phi) is 13.6. The first-order valence-electron chi connectivity index (χ1n) is 20.2. The van der Waals surface area contributed by atoms with Crippen LogP contribution in [0.1, 0.15) is 70.4 Å². The number of ketones is 2. The number of ether oxygens (including phenoxy) is 5. The van der Waals surface area contributed by atoms with E-state index in [0.717, 1.165) is 57.1 Å². The molecule has 1 N–H and O–H groups in total. The van der Waals surface area contributed by atoms with Crippen LogP contribution in [0, 0.1) is 11.8 Å². The Hall–Kier alpha value is -6.77. The highest BCUT2D eigenvalue weighted by molar-refractivity contribution is 6.03. The van der Waals surface area contributed by atoms with E-state index >= 15 is 0 Å². The molecule has 2 saturated carbocycles. The predicted octanol–water partition coefficient (Wildman–Crippen LogP) is 9.54. The normalized spacial score (nSPS) is 14.0. The molecule has 0 saturated heterocycles. The maximum absolute atomic E-state index is 14.2. The van der Waals surface area contributed by atoms with E-state index < -0.39 is 48.8 Å². The Morgan fingerprint density at radius 2 is 1.08 bits per heavy atom. The summed E-state index contributed by atoms with van der Waals surface area (Å²) in [6.45, 7) is -7.69. The second-order valence-electron chi connectivity index (χ2n) is 15.5. The number of Topliss-reactive ketones (excluding diaryl/α,β-unsaturated/α-hetero) is 2. The zero-order valence-corrected chi connectivity index (χ0v) is 35.2. The van der Waals surface area contributed by atoms with Gasteiger partial charge in [0.05, 0.1) is 45.1 Å². The number of rotatable bonds is 18. The lowest BCUT2D eigenvalue weighted by Gasteiger charge is -2.16. The van der Waals surface area contributed by atoms with E-state index in [0.29, 0.717) is 22.5 Å². The highest BCUT2D eigenvalue weighted by Gasteiger charge is 2.43. The maximum Gasteiger partial charge on any atom is 0.387 e. The fourth-order valence-corrected chi connectivity index (χ4v) is 7.25. The molecule has 0 amide bonds. The fraction of sp³-hybridized carbons (Fsp3) is 0.356. The number of halogens is 8. The standard InChI is InChI=1S/C23H20F4N2O5.C22H20F4N2O4/c1-32-17-8-13(9-18(34-22(24)25)20(17)16(30)7-12-3-4-12)15-11-28-19-10-14(5-6-29(15)19)23(26,27)21(31)33-2;1-31-17-7-13(8-18(32-21(23)24)20(17)16(30)6-12-2-3-12)15-10-27-19-9-14(4-5-28(15)19)22(25,26)11-29/h5-6,8-12,22H,3-4,7H2,1-2H3;4-5,7-10,12,21,29H,2-3,6,11H2,1H3. The minimum absolute atomic E-state index is 0.0441. The molecule has 0 atom stereocenters. The van der Waals surface area contributed by atoms with Crippen LogP contribution in [-0.4, -0.2) is 82.6 Å². The number of aromatic nitrogens is 4. The van der Waals surface area contributed by atoms with Crippen LogP contribution >= 0.6 is 0 Å². The smallest absolute Gasteiger partial charge is 0.387 e. The van der Waals surface area contributed by atoms with Gasteiger partial charge in [-0.15, -0.1) is 0 Å². The molecule has 66 heavy (non-hydrogen) atoms. The van der Waals surface area contributed by atoms with E-state index in [9.17, 15) is 49.5 Å². The first-order chi connectivity index (χ1) is 31.4. The summed E-state index contributed by atoms with van der Waals surface area (Å²) in [5, 5.41) is 8.90. The van der Waals surface area contributed by atoms with Crippen molar-refractivity contribution in [1.29, 1.82) is 0 Å². The van der Waals surface area contributed by atoms with Crippen LogP contribution in [0.2, 0.25) is 0 Å².